The maximum absolute atomic E-state index is 12.8. The number of carbonyl (C=O) groups excluding carboxylic acids is 1. The van der Waals surface area contributed by atoms with E-state index in [2.05, 4.69) is 30.5 Å². The van der Waals surface area contributed by atoms with E-state index in [9.17, 15) is 4.79 Å². The molecule has 0 bridgehead atoms. The lowest BCUT2D eigenvalue weighted by atomic mass is 9.89. The van der Waals surface area contributed by atoms with E-state index in [0.717, 1.165) is 48.2 Å². The molecule has 194 valence electrons. The van der Waals surface area contributed by atoms with Crippen molar-refractivity contribution in [3.8, 4) is 17.0 Å². The van der Waals surface area contributed by atoms with Crippen LogP contribution >= 0.6 is 11.6 Å². The molecular weight excluding hydrogens is 506 g/mol. The first kappa shape index (κ1) is 24.1. The van der Waals surface area contributed by atoms with Gasteiger partial charge in [-0.1, -0.05) is 11.6 Å². The number of aromatic amines is 1. The van der Waals surface area contributed by atoms with Gasteiger partial charge in [0.2, 0.25) is 0 Å². The Labute approximate surface area is 223 Å². The van der Waals surface area contributed by atoms with E-state index in [1.54, 1.807) is 41.4 Å². The van der Waals surface area contributed by atoms with Crippen molar-refractivity contribution in [2.24, 2.45) is 0 Å². The minimum absolute atomic E-state index is 0.243. The normalized spacial score (nSPS) is 15.2. The highest BCUT2D eigenvalue weighted by Crippen LogP contribution is 2.33. The molecule has 1 aliphatic rings. The van der Waals surface area contributed by atoms with Gasteiger partial charge in [0.25, 0.3) is 5.91 Å². The number of piperidine rings is 1. The first-order valence-electron chi connectivity index (χ1n) is 12.4. The predicted octanol–water partition coefficient (Wildman–Crippen LogP) is 3.90. The minimum Gasteiger partial charge on any atom is -0.492 e. The van der Waals surface area contributed by atoms with Crippen LogP contribution in [-0.4, -0.2) is 65.9 Å². The van der Waals surface area contributed by atoms with Crippen LogP contribution in [0.2, 0.25) is 5.02 Å². The highest BCUT2D eigenvalue weighted by Gasteiger charge is 2.33. The summed E-state index contributed by atoms with van der Waals surface area (Å²) in [5.41, 5.74) is 3.03. The largest absolute Gasteiger partial charge is 0.492 e. The second-order valence-corrected chi connectivity index (χ2v) is 9.95. The van der Waals surface area contributed by atoms with E-state index in [-0.39, 0.29) is 17.1 Å². The highest BCUT2D eigenvalue weighted by molar-refractivity contribution is 6.33. The Morgan fingerprint density at radius 2 is 2.05 bits per heavy atom. The average Bonchev–Trinajstić information content (AvgIpc) is 3.50. The van der Waals surface area contributed by atoms with E-state index in [1.165, 1.54) is 0 Å². The Morgan fingerprint density at radius 3 is 2.79 bits per heavy atom. The maximum atomic E-state index is 12.8. The molecular formula is C26H26ClN9O2. The number of nitrogens with one attached hydrogen (secondary N) is 2. The van der Waals surface area contributed by atoms with Crippen LogP contribution in [-0.2, 0) is 0 Å². The van der Waals surface area contributed by atoms with Crippen molar-refractivity contribution < 1.29 is 9.53 Å². The van der Waals surface area contributed by atoms with E-state index < -0.39 is 0 Å². The van der Waals surface area contributed by atoms with Gasteiger partial charge in [0.1, 0.15) is 17.3 Å². The number of anilines is 1. The molecule has 0 aromatic carbocycles. The Kier molecular flexibility index (Phi) is 6.07. The number of hydrogen-bond donors (Lipinski definition) is 2. The lowest BCUT2D eigenvalue weighted by molar-refractivity contribution is 0.0886. The van der Waals surface area contributed by atoms with E-state index in [1.807, 2.05) is 26.1 Å². The number of rotatable bonds is 6. The number of halogens is 1. The summed E-state index contributed by atoms with van der Waals surface area (Å²) < 4.78 is 7.55. The Hall–Kier alpha value is -4.25. The molecule has 1 saturated heterocycles. The fourth-order valence-corrected chi connectivity index (χ4v) is 5.05. The Morgan fingerprint density at radius 1 is 1.21 bits per heavy atom. The van der Waals surface area contributed by atoms with Crippen molar-refractivity contribution in [3.05, 3.63) is 59.9 Å². The summed E-state index contributed by atoms with van der Waals surface area (Å²) in [7, 11) is 0. The molecule has 1 aliphatic heterocycles. The van der Waals surface area contributed by atoms with Crippen molar-refractivity contribution in [2.45, 2.75) is 32.2 Å². The number of carbonyl (C=O) groups is 1. The van der Waals surface area contributed by atoms with Gasteiger partial charge < -0.3 is 15.0 Å². The number of hydrogen-bond acceptors (Lipinski definition) is 8. The molecule has 0 saturated carbocycles. The molecule has 0 atom stereocenters. The monoisotopic (exact) mass is 531 g/mol. The molecule has 0 aliphatic carbocycles. The van der Waals surface area contributed by atoms with Gasteiger partial charge in [0, 0.05) is 30.4 Å². The van der Waals surface area contributed by atoms with Gasteiger partial charge in [0.05, 0.1) is 53.0 Å². The number of aromatic nitrogens is 7. The zero-order valence-electron chi connectivity index (χ0n) is 21.0. The average molecular weight is 532 g/mol. The Bertz CT molecular complexity index is 1620. The van der Waals surface area contributed by atoms with Crippen LogP contribution in [0.5, 0.6) is 5.75 Å². The van der Waals surface area contributed by atoms with Crippen LogP contribution in [0.3, 0.4) is 0 Å². The molecule has 5 aromatic heterocycles. The summed E-state index contributed by atoms with van der Waals surface area (Å²) in [6.45, 7) is 5.98. The lowest BCUT2D eigenvalue weighted by Crippen LogP contribution is -2.53. The van der Waals surface area contributed by atoms with Crippen molar-refractivity contribution in [2.75, 3.05) is 24.6 Å². The summed E-state index contributed by atoms with van der Waals surface area (Å²) in [5.74, 6) is 1.22. The van der Waals surface area contributed by atoms with Crippen LogP contribution in [0.15, 0.2) is 49.2 Å². The van der Waals surface area contributed by atoms with Gasteiger partial charge in [-0.3, -0.25) is 14.9 Å². The number of fused-ring (bicyclic) bond motifs is 3. The Balaban J connectivity index is 1.20. The molecule has 0 unspecified atom stereocenters. The highest BCUT2D eigenvalue weighted by atomic mass is 35.5. The topological polar surface area (TPSA) is 126 Å². The fourth-order valence-electron chi connectivity index (χ4n) is 4.85. The lowest BCUT2D eigenvalue weighted by Gasteiger charge is -2.40. The zero-order chi connectivity index (χ0) is 26.3. The second-order valence-electron chi connectivity index (χ2n) is 9.54. The molecule has 6 heterocycles. The van der Waals surface area contributed by atoms with Crippen LogP contribution in [0.4, 0.5) is 5.82 Å². The molecule has 2 N–H and O–H groups in total. The predicted molar refractivity (Wildman–Crippen MR) is 144 cm³/mol. The first-order valence-corrected chi connectivity index (χ1v) is 12.8. The number of pyridine rings is 2. The number of nitrogens with zero attached hydrogens (tertiary/aromatic N) is 7. The van der Waals surface area contributed by atoms with E-state index >= 15 is 0 Å². The summed E-state index contributed by atoms with van der Waals surface area (Å²) in [6, 6.07) is 5.33. The van der Waals surface area contributed by atoms with Crippen molar-refractivity contribution in [3.63, 3.8) is 0 Å². The van der Waals surface area contributed by atoms with Gasteiger partial charge in [-0.15, -0.1) is 5.10 Å². The maximum Gasteiger partial charge on any atom is 0.271 e. The third kappa shape index (κ3) is 4.38. The standard InChI is InChI=1S/C26H26ClN9O2/c1-3-38-16-11-17(23-18-12-31-33-24(18)34-36(23)15-16)20-13-30-21(14-29-20)35-9-6-26(2,7-10-35)32-25(37)22-19(27)5-4-8-28-22/h4-5,8,11-15H,3,6-7,9-10H2,1-2H3,(H,32,37)(H,33,34). The molecule has 1 fully saturated rings. The van der Waals surface area contributed by atoms with Crippen molar-refractivity contribution in [1.29, 1.82) is 0 Å². The molecule has 5 aromatic rings. The van der Waals surface area contributed by atoms with Crippen LogP contribution in [0.25, 0.3) is 27.8 Å². The minimum atomic E-state index is -0.370. The molecule has 12 heteroatoms. The molecule has 0 spiro atoms. The van der Waals surface area contributed by atoms with E-state index in [4.69, 9.17) is 26.3 Å². The first-order chi connectivity index (χ1) is 18.4. The molecule has 11 nitrogen and oxygen atoms in total. The molecule has 6 rings (SSSR count). The zero-order valence-corrected chi connectivity index (χ0v) is 21.7. The van der Waals surface area contributed by atoms with Gasteiger partial charge in [-0.05, 0) is 44.9 Å². The van der Waals surface area contributed by atoms with Crippen LogP contribution < -0.4 is 15.0 Å². The number of amides is 1. The van der Waals surface area contributed by atoms with Gasteiger partial charge >= 0.3 is 0 Å². The van der Waals surface area contributed by atoms with Crippen molar-refractivity contribution >= 4 is 39.9 Å². The summed E-state index contributed by atoms with van der Waals surface area (Å²) in [6.07, 6.45) is 10.2. The van der Waals surface area contributed by atoms with Gasteiger partial charge in [0.15, 0.2) is 5.65 Å². The smallest absolute Gasteiger partial charge is 0.271 e. The molecule has 0 radical (unpaired) electrons. The van der Waals surface area contributed by atoms with Crippen molar-refractivity contribution in [1.82, 2.24) is 40.1 Å². The fraction of sp³-hybridized carbons (Fsp3) is 0.308. The second kappa shape index (κ2) is 9.56. The summed E-state index contributed by atoms with van der Waals surface area (Å²) >= 11 is 6.15. The van der Waals surface area contributed by atoms with E-state index in [0.29, 0.717) is 28.7 Å². The van der Waals surface area contributed by atoms with Crippen LogP contribution in [0.1, 0.15) is 37.2 Å². The van der Waals surface area contributed by atoms with Gasteiger partial charge in [-0.25, -0.2) is 14.5 Å². The summed E-state index contributed by atoms with van der Waals surface area (Å²) in [5, 5.41) is 16.0. The van der Waals surface area contributed by atoms with Gasteiger partial charge in [-0.2, -0.15) is 5.10 Å². The van der Waals surface area contributed by atoms with Crippen LogP contribution in [0, 0.1) is 0 Å². The third-order valence-corrected chi connectivity index (χ3v) is 7.21. The summed E-state index contributed by atoms with van der Waals surface area (Å²) in [4.78, 5) is 28.5. The number of H-pyrrole nitrogens is 1. The number of ether oxygens (including phenoxy) is 1. The molecule has 1 amide bonds. The SMILES string of the molecule is CCOc1cc(-c2cnc(N3CCC(C)(NC(=O)c4ncccc4Cl)CC3)cn2)c2c3cn[nH]c3nn2c1. The molecule has 38 heavy (non-hydrogen) atoms. The third-order valence-electron chi connectivity index (χ3n) is 6.91. The quantitative estimate of drug-likeness (QED) is 0.338.